The van der Waals surface area contributed by atoms with Crippen LogP contribution in [0.2, 0.25) is 5.02 Å². The van der Waals surface area contributed by atoms with Crippen LogP contribution >= 0.6 is 11.6 Å². The zero-order valence-corrected chi connectivity index (χ0v) is 21.9. The number of sulfonamides is 1. The Kier molecular flexibility index (Phi) is 10.9. The summed E-state index contributed by atoms with van der Waals surface area (Å²) in [5.41, 5.74) is 2.62. The maximum Gasteiger partial charge on any atom is 1.00 e. The van der Waals surface area contributed by atoms with Gasteiger partial charge < -0.3 is 9.90 Å². The normalized spacial score (nSPS) is 17.8. The number of aliphatic carboxylic acids is 1. The van der Waals surface area contributed by atoms with E-state index in [-0.39, 0.29) is 46.8 Å². The predicted molar refractivity (Wildman–Crippen MR) is 120 cm³/mol. The molecule has 0 bridgehead atoms. The van der Waals surface area contributed by atoms with E-state index in [4.69, 9.17) is 11.6 Å². The van der Waals surface area contributed by atoms with E-state index in [1.807, 2.05) is 18.2 Å². The van der Waals surface area contributed by atoms with E-state index in [1.54, 1.807) is 12.1 Å². The molecule has 0 saturated carbocycles. The molecule has 1 N–H and O–H groups in total. The van der Waals surface area contributed by atoms with Crippen LogP contribution in [0, 0.1) is 5.92 Å². The average Bonchev–Trinajstić information content (AvgIpc) is 3.08. The third kappa shape index (κ3) is 7.72. The minimum absolute atomic E-state index is 0. The van der Waals surface area contributed by atoms with Gasteiger partial charge >= 0.3 is 29.6 Å². The van der Waals surface area contributed by atoms with E-state index in [0.29, 0.717) is 30.3 Å². The minimum Gasteiger partial charge on any atom is -0.550 e. The third-order valence-electron chi connectivity index (χ3n) is 5.73. The van der Waals surface area contributed by atoms with E-state index in [1.165, 1.54) is 23.3 Å². The van der Waals surface area contributed by atoms with Crippen LogP contribution in [0.15, 0.2) is 65.6 Å². The number of carbonyl (C=O) groups is 1. The zero-order valence-electron chi connectivity index (χ0n) is 18.3. The Balaban J connectivity index is 0.00000363. The molecular formula is C24H27ClNNaO4S. The fourth-order valence-corrected chi connectivity index (χ4v) is 5.37. The molecule has 1 aliphatic rings. The van der Waals surface area contributed by atoms with E-state index in [2.05, 4.69) is 22.9 Å². The predicted octanol–water partition coefficient (Wildman–Crippen LogP) is 0.835. The summed E-state index contributed by atoms with van der Waals surface area (Å²) in [5.74, 6) is -0.340. The first kappa shape index (κ1) is 27.1. The Labute approximate surface area is 217 Å². The van der Waals surface area contributed by atoms with Crippen molar-refractivity contribution in [3.63, 3.8) is 0 Å². The Morgan fingerprint density at radius 2 is 1.84 bits per heavy atom. The summed E-state index contributed by atoms with van der Waals surface area (Å²) >= 11 is 5.85. The molecule has 8 heteroatoms. The molecule has 0 amide bonds. The van der Waals surface area contributed by atoms with Crippen LogP contribution in [0.25, 0.3) is 0 Å². The Bertz CT molecular complexity index is 1020. The molecule has 5 nitrogen and oxygen atoms in total. The van der Waals surface area contributed by atoms with Gasteiger partial charge in [0.2, 0.25) is 10.0 Å². The monoisotopic (exact) mass is 483 g/mol. The number of hydrogen-bond donors (Lipinski definition) is 1. The van der Waals surface area contributed by atoms with Crippen LogP contribution in [0.4, 0.5) is 0 Å². The van der Waals surface area contributed by atoms with Crippen LogP contribution in [0.3, 0.4) is 0 Å². The van der Waals surface area contributed by atoms with Gasteiger partial charge in [-0.25, -0.2) is 13.1 Å². The average molecular weight is 484 g/mol. The van der Waals surface area contributed by atoms with Gasteiger partial charge in [0, 0.05) is 17.5 Å². The van der Waals surface area contributed by atoms with Crippen LogP contribution < -0.4 is 39.4 Å². The first-order valence-electron chi connectivity index (χ1n) is 10.5. The van der Waals surface area contributed by atoms with Crippen LogP contribution in [0.5, 0.6) is 0 Å². The molecule has 0 fully saturated rings. The van der Waals surface area contributed by atoms with Crippen LogP contribution in [0.1, 0.15) is 49.1 Å². The third-order valence-corrected chi connectivity index (χ3v) is 7.46. The van der Waals surface area contributed by atoms with Crippen molar-refractivity contribution in [3.05, 3.63) is 76.8 Å². The number of unbranched alkanes of at least 4 members (excludes halogenated alkanes) is 1. The molecule has 1 aliphatic carbocycles. The molecule has 0 saturated heterocycles. The molecule has 32 heavy (non-hydrogen) atoms. The van der Waals surface area contributed by atoms with Crippen molar-refractivity contribution in [2.24, 2.45) is 5.92 Å². The molecule has 2 unspecified atom stereocenters. The van der Waals surface area contributed by atoms with Crippen molar-refractivity contribution in [3.8, 4) is 0 Å². The number of fused-ring (bicyclic) bond motifs is 1. The van der Waals surface area contributed by atoms with Gasteiger partial charge in [0.1, 0.15) is 0 Å². The maximum absolute atomic E-state index is 12.6. The zero-order chi connectivity index (χ0) is 22.3. The Hall–Kier alpha value is -1.15. The fraction of sp³-hybridized carbons (Fsp3) is 0.375. The van der Waals surface area contributed by atoms with Crippen LogP contribution in [-0.2, 0) is 21.2 Å². The van der Waals surface area contributed by atoms with E-state index >= 15 is 0 Å². The molecule has 0 aliphatic heterocycles. The maximum atomic E-state index is 12.6. The molecule has 0 aromatic heterocycles. The summed E-state index contributed by atoms with van der Waals surface area (Å²) in [6.07, 6.45) is 8.10. The van der Waals surface area contributed by atoms with E-state index < -0.39 is 16.0 Å². The van der Waals surface area contributed by atoms with E-state index in [9.17, 15) is 18.3 Å². The Morgan fingerprint density at radius 1 is 1.12 bits per heavy atom. The van der Waals surface area contributed by atoms with Crippen LogP contribution in [-0.4, -0.2) is 20.9 Å². The van der Waals surface area contributed by atoms with Gasteiger partial charge in [0.25, 0.3) is 0 Å². The summed E-state index contributed by atoms with van der Waals surface area (Å²) in [6, 6.07) is 14.5. The fourth-order valence-electron chi connectivity index (χ4n) is 4.20. The number of halogens is 1. The second-order valence-corrected chi connectivity index (χ2v) is 10.1. The number of nitrogens with one attached hydrogen (secondary N) is 1. The van der Waals surface area contributed by atoms with Crippen molar-refractivity contribution in [1.82, 2.24) is 4.72 Å². The number of carboxylic acids is 1. The molecule has 2 aromatic rings. The number of carboxylic acid groups (broad SMARTS) is 1. The molecule has 0 heterocycles. The van der Waals surface area contributed by atoms with Crippen molar-refractivity contribution in [2.45, 2.75) is 49.3 Å². The second-order valence-electron chi connectivity index (χ2n) is 7.88. The molecule has 2 atom stereocenters. The Morgan fingerprint density at radius 3 is 2.56 bits per heavy atom. The van der Waals surface area contributed by atoms with Gasteiger partial charge in [-0.05, 0) is 85.8 Å². The standard InChI is InChI=1S/C24H28ClNO4S.Na/c25-20-11-13-21(14-12-20)31(29,30)26-16-15-23-19(7-3-1-2-4-10-24(27)28)17-18-8-5-6-9-22(18)23;/h1,3,5-6,8-9,11-14,19,23,26H,2,4,7,10,15-17H2,(H,27,28);/q;+1/p-1/b3-1-;. The molecule has 2 aromatic carbocycles. The largest absolute Gasteiger partial charge is 1.00 e. The molecule has 166 valence electrons. The summed E-state index contributed by atoms with van der Waals surface area (Å²) in [6.45, 7) is 0.357. The number of rotatable bonds is 11. The summed E-state index contributed by atoms with van der Waals surface area (Å²) in [5, 5.41) is 11.0. The van der Waals surface area contributed by atoms with Gasteiger partial charge in [-0.1, -0.05) is 48.0 Å². The summed E-state index contributed by atoms with van der Waals surface area (Å²) in [7, 11) is -3.57. The van der Waals surface area contributed by atoms with E-state index in [0.717, 1.165) is 19.3 Å². The molecule has 0 spiro atoms. The first-order valence-corrected chi connectivity index (χ1v) is 12.4. The van der Waals surface area contributed by atoms with Crippen molar-refractivity contribution in [1.29, 1.82) is 0 Å². The number of allylic oxidation sites excluding steroid dienone is 2. The molecular weight excluding hydrogens is 457 g/mol. The number of hydrogen-bond acceptors (Lipinski definition) is 4. The molecule has 0 radical (unpaired) electrons. The quantitative estimate of drug-likeness (QED) is 0.291. The van der Waals surface area contributed by atoms with Gasteiger partial charge in [-0.2, -0.15) is 0 Å². The van der Waals surface area contributed by atoms with Crippen molar-refractivity contribution >= 4 is 27.6 Å². The van der Waals surface area contributed by atoms with Crippen molar-refractivity contribution < 1.29 is 47.9 Å². The minimum atomic E-state index is -3.57. The second kappa shape index (κ2) is 12.9. The first-order chi connectivity index (χ1) is 14.9. The summed E-state index contributed by atoms with van der Waals surface area (Å²) < 4.78 is 27.8. The van der Waals surface area contributed by atoms with Gasteiger partial charge in [0.15, 0.2) is 0 Å². The van der Waals surface area contributed by atoms with Crippen molar-refractivity contribution in [2.75, 3.05) is 6.54 Å². The topological polar surface area (TPSA) is 86.3 Å². The summed E-state index contributed by atoms with van der Waals surface area (Å²) in [4.78, 5) is 10.7. The van der Waals surface area contributed by atoms with Gasteiger partial charge in [0.05, 0.1) is 4.90 Å². The number of carbonyl (C=O) groups excluding carboxylic acids is 1. The van der Waals surface area contributed by atoms with Gasteiger partial charge in [-0.3, -0.25) is 0 Å². The smallest absolute Gasteiger partial charge is 0.550 e. The van der Waals surface area contributed by atoms with Gasteiger partial charge in [-0.15, -0.1) is 0 Å². The number of benzene rings is 2. The molecule has 3 rings (SSSR count). The SMILES string of the molecule is O=C([O-])CCC/C=C\CC1Cc2ccccc2C1CCNS(=O)(=O)c1ccc(Cl)cc1.[Na+].